The van der Waals surface area contributed by atoms with Crippen molar-refractivity contribution in [1.29, 1.82) is 0 Å². The Balaban J connectivity index is 2.28. The molecule has 0 aromatic carbocycles. The van der Waals surface area contributed by atoms with E-state index in [9.17, 15) is 14.7 Å². The fourth-order valence-corrected chi connectivity index (χ4v) is 3.60. The normalized spacial score (nSPS) is 23.8. The van der Waals surface area contributed by atoms with Gasteiger partial charge in [0.05, 0.1) is 6.10 Å². The molecule has 1 aliphatic carbocycles. The van der Waals surface area contributed by atoms with Crippen molar-refractivity contribution < 1.29 is 19.8 Å². The Morgan fingerprint density at radius 1 is 1.00 bits per heavy atom. The van der Waals surface area contributed by atoms with E-state index >= 15 is 0 Å². The number of unbranched alkanes of at least 4 members (excludes halogenated alkanes) is 5. The SMILES string of the molecule is CCCCCC(=O)C=CC1CCC(O)C1CCCCCCC(=O)O. The molecule has 1 fully saturated rings. The maximum atomic E-state index is 11.9. The van der Waals surface area contributed by atoms with E-state index in [0.717, 1.165) is 64.2 Å². The van der Waals surface area contributed by atoms with E-state index in [1.807, 2.05) is 6.08 Å². The lowest BCUT2D eigenvalue weighted by atomic mass is 9.88. The van der Waals surface area contributed by atoms with Crippen molar-refractivity contribution in [3.8, 4) is 0 Å². The zero-order valence-electron chi connectivity index (χ0n) is 15.1. The fourth-order valence-electron chi connectivity index (χ4n) is 3.60. The first-order chi connectivity index (χ1) is 11.5. The zero-order chi connectivity index (χ0) is 17.8. The summed E-state index contributed by atoms with van der Waals surface area (Å²) in [5.41, 5.74) is 0. The van der Waals surface area contributed by atoms with Crippen LogP contribution in [0.5, 0.6) is 0 Å². The summed E-state index contributed by atoms with van der Waals surface area (Å²) in [6.45, 7) is 2.13. The number of rotatable bonds is 13. The number of carboxylic acids is 1. The minimum atomic E-state index is -0.727. The standard InChI is InChI=1S/C20H34O4/c1-2-3-6-9-17(21)14-12-16-13-15-19(22)18(16)10-7-4-5-8-11-20(23)24/h12,14,16,18-19,22H,2-11,13,15H2,1H3,(H,23,24). The highest BCUT2D eigenvalue weighted by Crippen LogP contribution is 2.36. The van der Waals surface area contributed by atoms with E-state index in [1.54, 1.807) is 6.08 Å². The summed E-state index contributed by atoms with van der Waals surface area (Å²) < 4.78 is 0. The summed E-state index contributed by atoms with van der Waals surface area (Å²) in [6, 6.07) is 0. The van der Waals surface area contributed by atoms with Crippen molar-refractivity contribution in [1.82, 2.24) is 0 Å². The van der Waals surface area contributed by atoms with Gasteiger partial charge in [-0.2, -0.15) is 0 Å². The lowest BCUT2D eigenvalue weighted by Crippen LogP contribution is -2.18. The number of carboxylic acid groups (broad SMARTS) is 1. The van der Waals surface area contributed by atoms with Gasteiger partial charge in [0.1, 0.15) is 0 Å². The average Bonchev–Trinajstić information content (AvgIpc) is 2.89. The minimum Gasteiger partial charge on any atom is -0.481 e. The smallest absolute Gasteiger partial charge is 0.303 e. The fraction of sp³-hybridized carbons (Fsp3) is 0.800. The van der Waals surface area contributed by atoms with Crippen LogP contribution in [0.4, 0.5) is 0 Å². The summed E-state index contributed by atoms with van der Waals surface area (Å²) in [5.74, 6) is 0.0468. The van der Waals surface area contributed by atoms with Crippen LogP contribution in [0.25, 0.3) is 0 Å². The Hall–Kier alpha value is -1.16. The van der Waals surface area contributed by atoms with E-state index in [1.165, 1.54) is 0 Å². The van der Waals surface area contributed by atoms with Crippen LogP contribution in [0.1, 0.15) is 84.0 Å². The summed E-state index contributed by atoms with van der Waals surface area (Å²) in [6.07, 6.45) is 14.0. The molecular weight excluding hydrogens is 304 g/mol. The number of carbonyl (C=O) groups is 2. The maximum Gasteiger partial charge on any atom is 0.303 e. The van der Waals surface area contributed by atoms with Gasteiger partial charge in [0.2, 0.25) is 0 Å². The molecule has 0 heterocycles. The van der Waals surface area contributed by atoms with Crippen molar-refractivity contribution in [3.05, 3.63) is 12.2 Å². The third-order valence-corrected chi connectivity index (χ3v) is 5.07. The molecule has 0 bridgehead atoms. The van der Waals surface area contributed by atoms with Gasteiger partial charge >= 0.3 is 5.97 Å². The number of hydrogen-bond acceptors (Lipinski definition) is 3. The van der Waals surface area contributed by atoms with E-state index in [-0.39, 0.29) is 24.2 Å². The first kappa shape index (κ1) is 20.9. The van der Waals surface area contributed by atoms with Crippen molar-refractivity contribution in [2.45, 2.75) is 90.1 Å². The second-order valence-corrected chi connectivity index (χ2v) is 7.10. The number of aliphatic carboxylic acids is 1. The topological polar surface area (TPSA) is 74.6 Å². The molecule has 0 radical (unpaired) electrons. The Morgan fingerprint density at radius 2 is 1.71 bits per heavy atom. The highest BCUT2D eigenvalue weighted by atomic mass is 16.4. The van der Waals surface area contributed by atoms with Gasteiger partial charge < -0.3 is 10.2 Å². The predicted octanol–water partition coefficient (Wildman–Crippen LogP) is 4.50. The molecule has 3 atom stereocenters. The number of aliphatic hydroxyl groups excluding tert-OH is 1. The van der Waals surface area contributed by atoms with Crippen LogP contribution in [-0.2, 0) is 9.59 Å². The lowest BCUT2D eigenvalue weighted by molar-refractivity contribution is -0.137. The summed E-state index contributed by atoms with van der Waals surface area (Å²) in [4.78, 5) is 22.3. The van der Waals surface area contributed by atoms with Crippen molar-refractivity contribution >= 4 is 11.8 Å². The summed E-state index contributed by atoms with van der Waals surface area (Å²) in [5, 5.41) is 18.8. The molecule has 0 amide bonds. The molecule has 4 nitrogen and oxygen atoms in total. The lowest BCUT2D eigenvalue weighted by Gasteiger charge is -2.19. The second-order valence-electron chi connectivity index (χ2n) is 7.10. The zero-order valence-corrected chi connectivity index (χ0v) is 15.1. The first-order valence-corrected chi connectivity index (χ1v) is 9.65. The van der Waals surface area contributed by atoms with E-state index in [2.05, 4.69) is 6.92 Å². The molecule has 0 saturated heterocycles. The third-order valence-electron chi connectivity index (χ3n) is 5.07. The molecule has 2 N–H and O–H groups in total. The van der Waals surface area contributed by atoms with Crippen molar-refractivity contribution in [2.75, 3.05) is 0 Å². The maximum absolute atomic E-state index is 11.9. The largest absolute Gasteiger partial charge is 0.481 e. The molecule has 1 saturated carbocycles. The first-order valence-electron chi connectivity index (χ1n) is 9.65. The number of carbonyl (C=O) groups excluding carboxylic acids is 1. The van der Waals surface area contributed by atoms with Gasteiger partial charge in [0.15, 0.2) is 5.78 Å². The van der Waals surface area contributed by atoms with Crippen LogP contribution in [0.15, 0.2) is 12.2 Å². The number of allylic oxidation sites excluding steroid dienone is 2. The molecule has 0 aromatic heterocycles. The minimum absolute atomic E-state index is 0.206. The van der Waals surface area contributed by atoms with Gasteiger partial charge in [-0.05, 0) is 50.0 Å². The quantitative estimate of drug-likeness (QED) is 0.383. The average molecular weight is 338 g/mol. The third kappa shape index (κ3) is 8.62. The van der Waals surface area contributed by atoms with Gasteiger partial charge in [0.25, 0.3) is 0 Å². The van der Waals surface area contributed by atoms with Crippen LogP contribution in [-0.4, -0.2) is 28.1 Å². The number of ketones is 1. The highest BCUT2D eigenvalue weighted by Gasteiger charge is 2.32. The molecule has 0 aliphatic heterocycles. The Labute approximate surface area is 146 Å². The molecule has 1 rings (SSSR count). The van der Waals surface area contributed by atoms with Gasteiger partial charge in [-0.25, -0.2) is 0 Å². The van der Waals surface area contributed by atoms with Gasteiger partial charge in [-0.15, -0.1) is 0 Å². The highest BCUT2D eigenvalue weighted by molar-refractivity contribution is 5.89. The molecule has 1 aliphatic rings. The van der Waals surface area contributed by atoms with Crippen LogP contribution in [0.2, 0.25) is 0 Å². The predicted molar refractivity (Wildman–Crippen MR) is 95.8 cm³/mol. The Kier molecular flexibility index (Phi) is 10.6. The summed E-state index contributed by atoms with van der Waals surface area (Å²) >= 11 is 0. The molecule has 24 heavy (non-hydrogen) atoms. The molecule has 4 heteroatoms. The monoisotopic (exact) mass is 338 g/mol. The Bertz CT molecular complexity index is 402. The summed E-state index contributed by atoms with van der Waals surface area (Å²) in [7, 11) is 0. The van der Waals surface area contributed by atoms with Gasteiger partial charge in [-0.3, -0.25) is 9.59 Å². The van der Waals surface area contributed by atoms with Crippen LogP contribution >= 0.6 is 0 Å². The molecule has 3 unspecified atom stereocenters. The van der Waals surface area contributed by atoms with Crippen LogP contribution in [0, 0.1) is 11.8 Å². The van der Waals surface area contributed by atoms with E-state index < -0.39 is 5.97 Å². The van der Waals surface area contributed by atoms with Crippen LogP contribution in [0.3, 0.4) is 0 Å². The van der Waals surface area contributed by atoms with E-state index in [0.29, 0.717) is 12.3 Å². The molecule has 0 aromatic rings. The van der Waals surface area contributed by atoms with E-state index in [4.69, 9.17) is 5.11 Å². The van der Waals surface area contributed by atoms with Gasteiger partial charge in [-0.1, -0.05) is 45.1 Å². The number of hydrogen-bond donors (Lipinski definition) is 2. The Morgan fingerprint density at radius 3 is 2.42 bits per heavy atom. The second kappa shape index (κ2) is 12.2. The van der Waals surface area contributed by atoms with Gasteiger partial charge in [0, 0.05) is 12.8 Å². The molecule has 0 spiro atoms. The van der Waals surface area contributed by atoms with Crippen molar-refractivity contribution in [3.63, 3.8) is 0 Å². The van der Waals surface area contributed by atoms with Crippen LogP contribution < -0.4 is 0 Å². The molecule has 138 valence electrons. The van der Waals surface area contributed by atoms with Crippen molar-refractivity contribution in [2.24, 2.45) is 11.8 Å². The number of aliphatic hydroxyl groups is 1. The molecular formula is C20H34O4.